The molecular weight excluding hydrogens is 270 g/mol. The van der Waals surface area contributed by atoms with Crippen molar-refractivity contribution in [1.29, 1.82) is 0 Å². The summed E-state index contributed by atoms with van der Waals surface area (Å²) in [6.07, 6.45) is 7.08. The Labute approximate surface area is 104 Å². The molecular formula is C11H16BrN3O. The van der Waals surface area contributed by atoms with Gasteiger partial charge in [0.2, 0.25) is 0 Å². The van der Waals surface area contributed by atoms with Crippen LogP contribution in [0.5, 0.6) is 6.01 Å². The van der Waals surface area contributed by atoms with Crippen molar-refractivity contribution < 1.29 is 4.74 Å². The first-order valence-corrected chi connectivity index (χ1v) is 6.39. The Morgan fingerprint density at radius 3 is 2.69 bits per heavy atom. The van der Waals surface area contributed by atoms with Gasteiger partial charge in [0.1, 0.15) is 0 Å². The molecule has 4 nitrogen and oxygen atoms in total. The zero-order valence-electron chi connectivity index (χ0n) is 9.10. The van der Waals surface area contributed by atoms with Crippen LogP contribution >= 0.6 is 15.9 Å². The second-order valence-electron chi connectivity index (χ2n) is 4.18. The average molecular weight is 286 g/mol. The highest BCUT2D eigenvalue weighted by atomic mass is 79.9. The highest BCUT2D eigenvalue weighted by molar-refractivity contribution is 9.10. The molecule has 2 atom stereocenters. The Balaban J connectivity index is 1.85. The number of halogens is 1. The van der Waals surface area contributed by atoms with E-state index in [-0.39, 0.29) is 0 Å². The number of aromatic nitrogens is 2. The van der Waals surface area contributed by atoms with E-state index in [0.717, 1.165) is 11.0 Å². The molecule has 1 aromatic heterocycles. The fourth-order valence-electron chi connectivity index (χ4n) is 2.20. The van der Waals surface area contributed by atoms with Crippen molar-refractivity contribution >= 4 is 15.9 Å². The SMILES string of the molecule is NCC1CCCC1COc1ncc(Br)cn1. The molecule has 2 unspecified atom stereocenters. The van der Waals surface area contributed by atoms with Crippen molar-refractivity contribution in [2.75, 3.05) is 13.2 Å². The number of ether oxygens (including phenoxy) is 1. The normalized spacial score (nSPS) is 24.6. The summed E-state index contributed by atoms with van der Waals surface area (Å²) in [5, 5.41) is 0. The van der Waals surface area contributed by atoms with Gasteiger partial charge in [0, 0.05) is 12.4 Å². The molecule has 1 aliphatic rings. The quantitative estimate of drug-likeness (QED) is 0.919. The van der Waals surface area contributed by atoms with Crippen LogP contribution in [0.4, 0.5) is 0 Å². The van der Waals surface area contributed by atoms with E-state index in [9.17, 15) is 0 Å². The van der Waals surface area contributed by atoms with Gasteiger partial charge in [-0.05, 0) is 47.2 Å². The van der Waals surface area contributed by atoms with Crippen LogP contribution < -0.4 is 10.5 Å². The van der Waals surface area contributed by atoms with Crippen molar-refractivity contribution in [2.24, 2.45) is 17.6 Å². The molecule has 1 saturated carbocycles. The van der Waals surface area contributed by atoms with Crippen LogP contribution in [0.15, 0.2) is 16.9 Å². The van der Waals surface area contributed by atoms with Crippen LogP contribution in [0, 0.1) is 11.8 Å². The molecule has 1 fully saturated rings. The van der Waals surface area contributed by atoms with Gasteiger partial charge in [0.05, 0.1) is 11.1 Å². The highest BCUT2D eigenvalue weighted by Crippen LogP contribution is 2.31. The lowest BCUT2D eigenvalue weighted by molar-refractivity contribution is 0.203. The molecule has 1 aromatic rings. The highest BCUT2D eigenvalue weighted by Gasteiger charge is 2.26. The van der Waals surface area contributed by atoms with Crippen molar-refractivity contribution in [3.8, 4) is 6.01 Å². The van der Waals surface area contributed by atoms with Gasteiger partial charge in [0.15, 0.2) is 0 Å². The molecule has 0 amide bonds. The summed E-state index contributed by atoms with van der Waals surface area (Å²) >= 11 is 3.29. The molecule has 16 heavy (non-hydrogen) atoms. The first-order valence-electron chi connectivity index (χ1n) is 5.60. The van der Waals surface area contributed by atoms with E-state index in [1.165, 1.54) is 19.3 Å². The van der Waals surface area contributed by atoms with Gasteiger partial charge in [0.25, 0.3) is 0 Å². The van der Waals surface area contributed by atoms with Crippen molar-refractivity contribution in [3.63, 3.8) is 0 Å². The Hall–Kier alpha value is -0.680. The second-order valence-corrected chi connectivity index (χ2v) is 5.10. The Kier molecular flexibility index (Phi) is 4.12. The minimum atomic E-state index is 0.450. The van der Waals surface area contributed by atoms with Crippen LogP contribution in [-0.2, 0) is 0 Å². The molecule has 0 aromatic carbocycles. The third-order valence-electron chi connectivity index (χ3n) is 3.14. The lowest BCUT2D eigenvalue weighted by Gasteiger charge is -2.17. The smallest absolute Gasteiger partial charge is 0.316 e. The molecule has 0 radical (unpaired) electrons. The third-order valence-corrected chi connectivity index (χ3v) is 3.55. The summed E-state index contributed by atoms with van der Waals surface area (Å²) in [5.41, 5.74) is 5.72. The zero-order chi connectivity index (χ0) is 11.4. The summed E-state index contributed by atoms with van der Waals surface area (Å²) in [4.78, 5) is 8.16. The number of nitrogens with two attached hydrogens (primary N) is 1. The summed E-state index contributed by atoms with van der Waals surface area (Å²) < 4.78 is 6.44. The van der Waals surface area contributed by atoms with Crippen LogP contribution in [0.3, 0.4) is 0 Å². The number of nitrogens with zero attached hydrogens (tertiary/aromatic N) is 2. The fraction of sp³-hybridized carbons (Fsp3) is 0.636. The standard InChI is InChI=1S/C11H16BrN3O/c12-10-5-14-11(15-6-10)16-7-9-3-1-2-8(9)4-13/h5-6,8-9H,1-4,7,13H2. The lowest BCUT2D eigenvalue weighted by atomic mass is 9.97. The monoisotopic (exact) mass is 285 g/mol. The minimum absolute atomic E-state index is 0.450. The van der Waals surface area contributed by atoms with Gasteiger partial charge in [-0.3, -0.25) is 0 Å². The van der Waals surface area contributed by atoms with Crippen LogP contribution in [0.25, 0.3) is 0 Å². The van der Waals surface area contributed by atoms with Crippen molar-refractivity contribution in [3.05, 3.63) is 16.9 Å². The van der Waals surface area contributed by atoms with E-state index in [1.807, 2.05) is 0 Å². The maximum atomic E-state index is 5.72. The van der Waals surface area contributed by atoms with Crippen LogP contribution in [0.2, 0.25) is 0 Å². The minimum Gasteiger partial charge on any atom is -0.463 e. The van der Waals surface area contributed by atoms with Gasteiger partial charge in [-0.15, -0.1) is 0 Å². The Bertz CT molecular complexity index is 331. The van der Waals surface area contributed by atoms with E-state index in [1.54, 1.807) is 12.4 Å². The van der Waals surface area contributed by atoms with Gasteiger partial charge in [-0.1, -0.05) is 6.42 Å². The predicted octanol–water partition coefficient (Wildman–Crippen LogP) is 1.99. The Morgan fingerprint density at radius 1 is 1.31 bits per heavy atom. The van der Waals surface area contributed by atoms with E-state index in [0.29, 0.717) is 24.5 Å². The van der Waals surface area contributed by atoms with Crippen LogP contribution in [0.1, 0.15) is 19.3 Å². The fourth-order valence-corrected chi connectivity index (χ4v) is 2.40. The van der Waals surface area contributed by atoms with Gasteiger partial charge in [-0.2, -0.15) is 0 Å². The first kappa shape index (κ1) is 11.8. The molecule has 0 saturated heterocycles. The average Bonchev–Trinajstić information content (AvgIpc) is 2.76. The number of rotatable bonds is 4. The van der Waals surface area contributed by atoms with Crippen molar-refractivity contribution in [2.45, 2.75) is 19.3 Å². The maximum absolute atomic E-state index is 5.72. The number of hydrogen-bond acceptors (Lipinski definition) is 4. The topological polar surface area (TPSA) is 61.0 Å². The van der Waals surface area contributed by atoms with E-state index in [2.05, 4.69) is 25.9 Å². The molecule has 1 aliphatic carbocycles. The molecule has 0 bridgehead atoms. The maximum Gasteiger partial charge on any atom is 0.316 e. The van der Waals surface area contributed by atoms with Gasteiger partial charge in [-0.25, -0.2) is 9.97 Å². The molecule has 1 heterocycles. The zero-order valence-corrected chi connectivity index (χ0v) is 10.7. The van der Waals surface area contributed by atoms with Gasteiger partial charge >= 0.3 is 6.01 Å². The molecule has 0 spiro atoms. The predicted molar refractivity (Wildman–Crippen MR) is 65.1 cm³/mol. The first-order chi connectivity index (χ1) is 7.79. The van der Waals surface area contributed by atoms with Crippen molar-refractivity contribution in [1.82, 2.24) is 9.97 Å². The van der Waals surface area contributed by atoms with Crippen LogP contribution in [-0.4, -0.2) is 23.1 Å². The molecule has 2 rings (SSSR count). The third kappa shape index (κ3) is 2.92. The lowest BCUT2D eigenvalue weighted by Crippen LogP contribution is -2.23. The van der Waals surface area contributed by atoms with E-state index >= 15 is 0 Å². The number of hydrogen-bond donors (Lipinski definition) is 1. The van der Waals surface area contributed by atoms with E-state index < -0.39 is 0 Å². The summed E-state index contributed by atoms with van der Waals surface area (Å²) in [6.45, 7) is 1.44. The molecule has 5 heteroatoms. The summed E-state index contributed by atoms with van der Waals surface area (Å²) in [5.74, 6) is 1.17. The molecule has 2 N–H and O–H groups in total. The summed E-state index contributed by atoms with van der Waals surface area (Å²) in [7, 11) is 0. The Morgan fingerprint density at radius 2 is 2.00 bits per heavy atom. The van der Waals surface area contributed by atoms with E-state index in [4.69, 9.17) is 10.5 Å². The van der Waals surface area contributed by atoms with Gasteiger partial charge < -0.3 is 10.5 Å². The molecule has 0 aliphatic heterocycles. The summed E-state index contributed by atoms with van der Waals surface area (Å²) in [6, 6.07) is 0.450. The largest absolute Gasteiger partial charge is 0.463 e. The second kappa shape index (κ2) is 5.59. The molecule has 88 valence electrons.